The SMILES string of the molecule is Cc1ccc(C(O)Cc2ccc(C(C)(C)C)cc2)cc1F. The third-order valence-electron chi connectivity index (χ3n) is 3.83. The van der Waals surface area contributed by atoms with Crippen LogP contribution in [0.4, 0.5) is 4.39 Å². The first kappa shape index (κ1) is 15.7. The smallest absolute Gasteiger partial charge is 0.126 e. The van der Waals surface area contributed by atoms with Gasteiger partial charge in [0.1, 0.15) is 5.82 Å². The molecule has 0 aliphatic heterocycles. The van der Waals surface area contributed by atoms with Crippen LogP contribution in [-0.2, 0) is 11.8 Å². The zero-order valence-corrected chi connectivity index (χ0v) is 13.2. The zero-order valence-electron chi connectivity index (χ0n) is 13.2. The predicted octanol–water partition coefficient (Wildman–Crippen LogP) is 4.71. The highest BCUT2D eigenvalue weighted by molar-refractivity contribution is 5.30. The molecule has 0 aromatic heterocycles. The second-order valence-corrected chi connectivity index (χ2v) is 6.68. The van der Waals surface area contributed by atoms with Crippen LogP contribution < -0.4 is 0 Å². The van der Waals surface area contributed by atoms with Crippen molar-refractivity contribution in [1.82, 2.24) is 0 Å². The molecule has 2 aromatic carbocycles. The summed E-state index contributed by atoms with van der Waals surface area (Å²) in [7, 11) is 0. The minimum Gasteiger partial charge on any atom is -0.388 e. The molecule has 0 saturated carbocycles. The molecule has 1 atom stereocenters. The lowest BCUT2D eigenvalue weighted by Gasteiger charge is -2.19. The predicted molar refractivity (Wildman–Crippen MR) is 84.9 cm³/mol. The van der Waals surface area contributed by atoms with Crippen LogP contribution in [0.25, 0.3) is 0 Å². The van der Waals surface area contributed by atoms with Crippen LogP contribution in [-0.4, -0.2) is 5.11 Å². The van der Waals surface area contributed by atoms with E-state index in [1.54, 1.807) is 19.1 Å². The Balaban J connectivity index is 2.12. The first-order valence-corrected chi connectivity index (χ1v) is 7.31. The molecule has 112 valence electrons. The van der Waals surface area contributed by atoms with Crippen molar-refractivity contribution in [2.45, 2.75) is 45.6 Å². The second-order valence-electron chi connectivity index (χ2n) is 6.68. The van der Waals surface area contributed by atoms with Gasteiger partial charge in [0, 0.05) is 6.42 Å². The van der Waals surface area contributed by atoms with Crippen molar-refractivity contribution >= 4 is 0 Å². The number of aliphatic hydroxyl groups is 1. The summed E-state index contributed by atoms with van der Waals surface area (Å²) in [6, 6.07) is 13.2. The topological polar surface area (TPSA) is 20.2 Å². The number of rotatable bonds is 3. The molecule has 0 aliphatic rings. The van der Waals surface area contributed by atoms with Crippen LogP contribution in [0.5, 0.6) is 0 Å². The Labute approximate surface area is 126 Å². The lowest BCUT2D eigenvalue weighted by Crippen LogP contribution is -2.11. The maximum atomic E-state index is 13.6. The van der Waals surface area contributed by atoms with Gasteiger partial charge in [-0.15, -0.1) is 0 Å². The molecule has 0 bridgehead atoms. The standard InChI is InChI=1S/C19H23FO/c1-13-5-8-15(12-17(13)20)18(21)11-14-6-9-16(10-7-14)19(2,3)4/h5-10,12,18,21H,11H2,1-4H3. The summed E-state index contributed by atoms with van der Waals surface area (Å²) >= 11 is 0. The van der Waals surface area contributed by atoms with Gasteiger partial charge in [0.2, 0.25) is 0 Å². The van der Waals surface area contributed by atoms with Crippen molar-refractivity contribution in [1.29, 1.82) is 0 Å². The van der Waals surface area contributed by atoms with E-state index in [1.165, 1.54) is 11.6 Å². The van der Waals surface area contributed by atoms with Crippen LogP contribution in [0.2, 0.25) is 0 Å². The van der Waals surface area contributed by atoms with Crippen molar-refractivity contribution < 1.29 is 9.50 Å². The van der Waals surface area contributed by atoms with E-state index in [4.69, 9.17) is 0 Å². The Kier molecular flexibility index (Phi) is 4.48. The highest BCUT2D eigenvalue weighted by Gasteiger charge is 2.14. The maximum absolute atomic E-state index is 13.6. The highest BCUT2D eigenvalue weighted by atomic mass is 19.1. The van der Waals surface area contributed by atoms with Crippen molar-refractivity contribution in [2.24, 2.45) is 0 Å². The summed E-state index contributed by atoms with van der Waals surface area (Å²) < 4.78 is 13.6. The molecule has 2 heteroatoms. The lowest BCUT2D eigenvalue weighted by atomic mass is 9.86. The molecule has 0 fully saturated rings. The molecule has 1 nitrogen and oxygen atoms in total. The molecule has 0 radical (unpaired) electrons. The van der Waals surface area contributed by atoms with Gasteiger partial charge in [0.15, 0.2) is 0 Å². The first-order chi connectivity index (χ1) is 9.77. The minimum atomic E-state index is -0.680. The van der Waals surface area contributed by atoms with E-state index in [9.17, 15) is 9.50 Å². The van der Waals surface area contributed by atoms with E-state index in [1.807, 2.05) is 12.1 Å². The molecule has 2 rings (SSSR count). The van der Waals surface area contributed by atoms with Gasteiger partial charge in [-0.1, -0.05) is 57.2 Å². The van der Waals surface area contributed by atoms with Gasteiger partial charge in [-0.2, -0.15) is 0 Å². The summed E-state index contributed by atoms with van der Waals surface area (Å²) in [6.45, 7) is 8.24. The molecule has 0 spiro atoms. The summed E-state index contributed by atoms with van der Waals surface area (Å²) in [6.07, 6.45) is -0.187. The average molecular weight is 286 g/mol. The average Bonchev–Trinajstić information content (AvgIpc) is 2.41. The molecule has 0 amide bonds. The Bertz CT molecular complexity index is 608. The highest BCUT2D eigenvalue weighted by Crippen LogP contribution is 2.24. The molecular weight excluding hydrogens is 263 g/mol. The van der Waals surface area contributed by atoms with Crippen molar-refractivity contribution in [3.05, 3.63) is 70.5 Å². The Morgan fingerprint density at radius 3 is 2.19 bits per heavy atom. The van der Waals surface area contributed by atoms with E-state index in [-0.39, 0.29) is 11.2 Å². The number of aliphatic hydroxyl groups excluding tert-OH is 1. The third kappa shape index (κ3) is 3.92. The van der Waals surface area contributed by atoms with Crippen LogP contribution in [0, 0.1) is 12.7 Å². The monoisotopic (exact) mass is 286 g/mol. The van der Waals surface area contributed by atoms with Gasteiger partial charge in [0.25, 0.3) is 0 Å². The number of benzene rings is 2. The fourth-order valence-electron chi connectivity index (χ4n) is 2.30. The molecule has 1 N–H and O–H groups in total. The molecule has 0 aliphatic carbocycles. The van der Waals surface area contributed by atoms with E-state index in [0.717, 1.165) is 5.56 Å². The fraction of sp³-hybridized carbons (Fsp3) is 0.368. The van der Waals surface area contributed by atoms with Crippen molar-refractivity contribution in [3.8, 4) is 0 Å². The Hall–Kier alpha value is -1.67. The van der Waals surface area contributed by atoms with Crippen molar-refractivity contribution in [3.63, 3.8) is 0 Å². The quantitative estimate of drug-likeness (QED) is 0.866. The number of halogens is 1. The van der Waals surface area contributed by atoms with E-state index < -0.39 is 6.10 Å². The largest absolute Gasteiger partial charge is 0.388 e. The summed E-state index contributed by atoms with van der Waals surface area (Å²) in [5.74, 6) is -0.269. The van der Waals surface area contributed by atoms with Gasteiger partial charge in [-0.3, -0.25) is 0 Å². The molecular formula is C19H23FO. The van der Waals surface area contributed by atoms with E-state index in [2.05, 4.69) is 32.9 Å². The fourth-order valence-corrected chi connectivity index (χ4v) is 2.30. The number of aryl methyl sites for hydroxylation is 1. The molecule has 21 heavy (non-hydrogen) atoms. The Morgan fingerprint density at radius 2 is 1.67 bits per heavy atom. The van der Waals surface area contributed by atoms with Gasteiger partial charge in [-0.25, -0.2) is 4.39 Å². The number of hydrogen-bond acceptors (Lipinski definition) is 1. The summed E-state index contributed by atoms with van der Waals surface area (Å²) in [4.78, 5) is 0. The van der Waals surface area contributed by atoms with Gasteiger partial charge in [-0.05, 0) is 40.7 Å². The molecule has 2 aromatic rings. The molecule has 0 saturated heterocycles. The Morgan fingerprint density at radius 1 is 1.05 bits per heavy atom. The maximum Gasteiger partial charge on any atom is 0.126 e. The minimum absolute atomic E-state index is 0.122. The van der Waals surface area contributed by atoms with Crippen LogP contribution in [0.15, 0.2) is 42.5 Å². The molecule has 0 heterocycles. The first-order valence-electron chi connectivity index (χ1n) is 7.31. The van der Waals surface area contributed by atoms with Crippen LogP contribution >= 0.6 is 0 Å². The van der Waals surface area contributed by atoms with Gasteiger partial charge < -0.3 is 5.11 Å². The molecule has 1 unspecified atom stereocenters. The summed E-state index contributed by atoms with van der Waals surface area (Å²) in [5, 5.41) is 10.3. The van der Waals surface area contributed by atoms with Crippen LogP contribution in [0.1, 0.15) is 49.1 Å². The summed E-state index contributed by atoms with van der Waals surface area (Å²) in [5.41, 5.74) is 3.66. The number of hydrogen-bond donors (Lipinski definition) is 1. The van der Waals surface area contributed by atoms with Crippen molar-refractivity contribution in [2.75, 3.05) is 0 Å². The van der Waals surface area contributed by atoms with E-state index in [0.29, 0.717) is 17.5 Å². The second kappa shape index (κ2) is 5.98. The van der Waals surface area contributed by atoms with Gasteiger partial charge >= 0.3 is 0 Å². The van der Waals surface area contributed by atoms with Gasteiger partial charge in [0.05, 0.1) is 6.10 Å². The lowest BCUT2D eigenvalue weighted by molar-refractivity contribution is 0.178. The normalized spacial score (nSPS) is 13.2. The van der Waals surface area contributed by atoms with Crippen LogP contribution in [0.3, 0.4) is 0 Å². The third-order valence-corrected chi connectivity index (χ3v) is 3.83. The van der Waals surface area contributed by atoms with E-state index >= 15 is 0 Å². The zero-order chi connectivity index (χ0) is 15.6.